The standard InChI is InChI=1S/C17H20F3N3O2/c18-13-5-2-1-4-12(13)15(24)22-6-3-7-23(9-8-22)16(25)14-10-17(19,20)11-21-14/h1-2,4-5,14,21H,3,6-11H2. The van der Waals surface area contributed by atoms with Crippen LogP contribution in [-0.4, -0.2) is 66.3 Å². The predicted molar refractivity (Wildman–Crippen MR) is 84.9 cm³/mol. The quantitative estimate of drug-likeness (QED) is 0.875. The molecular formula is C17H20F3N3O2. The van der Waals surface area contributed by atoms with E-state index in [4.69, 9.17) is 0 Å². The molecule has 0 saturated carbocycles. The van der Waals surface area contributed by atoms with Crippen LogP contribution in [0.25, 0.3) is 0 Å². The Kier molecular flexibility index (Phi) is 4.99. The number of rotatable bonds is 2. The summed E-state index contributed by atoms with van der Waals surface area (Å²) in [6.45, 7) is 0.800. The second-order valence-electron chi connectivity index (χ2n) is 6.44. The fourth-order valence-electron chi connectivity index (χ4n) is 3.26. The van der Waals surface area contributed by atoms with Crippen LogP contribution >= 0.6 is 0 Å². The van der Waals surface area contributed by atoms with Gasteiger partial charge in [-0.1, -0.05) is 12.1 Å². The number of carbonyl (C=O) groups excluding carboxylic acids is 2. The normalized spacial score (nSPS) is 23.4. The van der Waals surface area contributed by atoms with Crippen LogP contribution in [0.1, 0.15) is 23.2 Å². The Balaban J connectivity index is 1.62. The third-order valence-corrected chi connectivity index (χ3v) is 4.61. The van der Waals surface area contributed by atoms with Crippen molar-refractivity contribution in [2.24, 2.45) is 0 Å². The van der Waals surface area contributed by atoms with Crippen molar-refractivity contribution in [1.82, 2.24) is 15.1 Å². The Morgan fingerprint density at radius 2 is 1.76 bits per heavy atom. The maximum Gasteiger partial charge on any atom is 0.262 e. The Labute approximate surface area is 143 Å². The highest BCUT2D eigenvalue weighted by atomic mass is 19.3. The van der Waals surface area contributed by atoms with Gasteiger partial charge in [-0.15, -0.1) is 0 Å². The number of amides is 2. The number of hydrogen-bond donors (Lipinski definition) is 1. The molecule has 5 nitrogen and oxygen atoms in total. The van der Waals surface area contributed by atoms with Gasteiger partial charge in [0.15, 0.2) is 0 Å². The van der Waals surface area contributed by atoms with Gasteiger partial charge in [0.1, 0.15) is 5.82 Å². The van der Waals surface area contributed by atoms with E-state index in [0.29, 0.717) is 19.5 Å². The third kappa shape index (κ3) is 3.95. The molecule has 2 aliphatic heterocycles. The minimum Gasteiger partial charge on any atom is -0.339 e. The van der Waals surface area contributed by atoms with Crippen LogP contribution in [0, 0.1) is 5.82 Å². The lowest BCUT2D eigenvalue weighted by atomic mass is 10.1. The Morgan fingerprint density at radius 3 is 2.44 bits per heavy atom. The summed E-state index contributed by atoms with van der Waals surface area (Å²) in [6.07, 6.45) is 0.0231. The van der Waals surface area contributed by atoms with Gasteiger partial charge in [-0.25, -0.2) is 13.2 Å². The lowest BCUT2D eigenvalue weighted by molar-refractivity contribution is -0.133. The minimum atomic E-state index is -2.86. The molecule has 1 atom stereocenters. The summed E-state index contributed by atoms with van der Waals surface area (Å²) >= 11 is 0. The van der Waals surface area contributed by atoms with Crippen LogP contribution in [0.3, 0.4) is 0 Å². The topological polar surface area (TPSA) is 52.7 Å². The first-order valence-corrected chi connectivity index (χ1v) is 8.31. The van der Waals surface area contributed by atoms with Crippen molar-refractivity contribution in [3.63, 3.8) is 0 Å². The van der Waals surface area contributed by atoms with Gasteiger partial charge in [-0.3, -0.25) is 14.9 Å². The van der Waals surface area contributed by atoms with Gasteiger partial charge in [0.05, 0.1) is 18.2 Å². The monoisotopic (exact) mass is 355 g/mol. The maximum atomic E-state index is 13.8. The van der Waals surface area contributed by atoms with Crippen LogP contribution < -0.4 is 5.32 Å². The molecule has 1 aromatic carbocycles. The van der Waals surface area contributed by atoms with Crippen molar-refractivity contribution < 1.29 is 22.8 Å². The fraction of sp³-hybridized carbons (Fsp3) is 0.529. The van der Waals surface area contributed by atoms with E-state index < -0.39 is 36.7 Å². The van der Waals surface area contributed by atoms with Crippen LogP contribution in [-0.2, 0) is 4.79 Å². The summed E-state index contributed by atoms with van der Waals surface area (Å²) in [6, 6.07) is 4.88. The molecule has 2 fully saturated rings. The zero-order valence-electron chi connectivity index (χ0n) is 13.7. The summed E-state index contributed by atoms with van der Waals surface area (Å²) in [7, 11) is 0. The van der Waals surface area contributed by atoms with E-state index in [1.807, 2.05) is 0 Å². The van der Waals surface area contributed by atoms with Crippen molar-refractivity contribution in [2.45, 2.75) is 24.8 Å². The highest BCUT2D eigenvalue weighted by Gasteiger charge is 2.43. The molecule has 8 heteroatoms. The Morgan fingerprint density at radius 1 is 1.08 bits per heavy atom. The molecule has 2 heterocycles. The van der Waals surface area contributed by atoms with Gasteiger partial charge >= 0.3 is 0 Å². The fourth-order valence-corrected chi connectivity index (χ4v) is 3.26. The van der Waals surface area contributed by atoms with E-state index in [1.54, 1.807) is 6.07 Å². The lowest BCUT2D eigenvalue weighted by Crippen LogP contribution is -2.45. The van der Waals surface area contributed by atoms with Crippen molar-refractivity contribution in [3.05, 3.63) is 35.6 Å². The molecule has 136 valence electrons. The first kappa shape index (κ1) is 17.7. The Bertz CT molecular complexity index is 668. The highest BCUT2D eigenvalue weighted by Crippen LogP contribution is 2.26. The average Bonchev–Trinajstić information content (AvgIpc) is 2.80. The summed E-state index contributed by atoms with van der Waals surface area (Å²) in [4.78, 5) is 27.9. The van der Waals surface area contributed by atoms with Gasteiger partial charge in [0.2, 0.25) is 5.91 Å². The number of alkyl halides is 2. The minimum absolute atomic E-state index is 0.000576. The largest absolute Gasteiger partial charge is 0.339 e. The van der Waals surface area contributed by atoms with Crippen LogP contribution in [0.15, 0.2) is 24.3 Å². The molecule has 2 amide bonds. The van der Waals surface area contributed by atoms with Crippen molar-refractivity contribution in [2.75, 3.05) is 32.7 Å². The van der Waals surface area contributed by atoms with Crippen LogP contribution in [0.2, 0.25) is 0 Å². The number of benzene rings is 1. The van der Waals surface area contributed by atoms with E-state index in [1.165, 1.54) is 28.0 Å². The molecule has 0 radical (unpaired) electrons. The number of nitrogens with zero attached hydrogens (tertiary/aromatic N) is 2. The average molecular weight is 355 g/mol. The molecule has 2 aliphatic rings. The molecule has 1 unspecified atom stereocenters. The van der Waals surface area contributed by atoms with Gasteiger partial charge in [-0.05, 0) is 18.6 Å². The summed E-state index contributed by atoms with van der Waals surface area (Å²) in [5.74, 6) is -4.23. The molecular weight excluding hydrogens is 335 g/mol. The zero-order valence-corrected chi connectivity index (χ0v) is 13.7. The number of carbonyl (C=O) groups is 2. The summed E-state index contributed by atoms with van der Waals surface area (Å²) in [5.41, 5.74) is -0.000576. The molecule has 0 aromatic heterocycles. The molecule has 2 saturated heterocycles. The van der Waals surface area contributed by atoms with Gasteiger partial charge in [0.25, 0.3) is 11.8 Å². The summed E-state index contributed by atoms with van der Waals surface area (Å²) in [5, 5.41) is 2.56. The molecule has 1 aromatic rings. The third-order valence-electron chi connectivity index (χ3n) is 4.61. The SMILES string of the molecule is O=C(c1ccccc1F)N1CCCN(C(=O)C2CC(F)(F)CN2)CC1. The van der Waals surface area contributed by atoms with E-state index in [-0.39, 0.29) is 24.6 Å². The van der Waals surface area contributed by atoms with Gasteiger partial charge < -0.3 is 9.80 Å². The van der Waals surface area contributed by atoms with E-state index in [0.717, 1.165) is 0 Å². The molecule has 1 N–H and O–H groups in total. The van der Waals surface area contributed by atoms with Crippen LogP contribution in [0.5, 0.6) is 0 Å². The molecule has 25 heavy (non-hydrogen) atoms. The number of nitrogens with one attached hydrogen (secondary N) is 1. The number of hydrogen-bond acceptors (Lipinski definition) is 3. The summed E-state index contributed by atoms with van der Waals surface area (Å²) < 4.78 is 40.3. The van der Waals surface area contributed by atoms with Gasteiger partial charge in [-0.2, -0.15) is 0 Å². The van der Waals surface area contributed by atoms with E-state index in [2.05, 4.69) is 5.32 Å². The zero-order chi connectivity index (χ0) is 18.0. The van der Waals surface area contributed by atoms with Crippen molar-refractivity contribution in [3.8, 4) is 0 Å². The van der Waals surface area contributed by atoms with Crippen molar-refractivity contribution in [1.29, 1.82) is 0 Å². The molecule has 3 rings (SSSR count). The lowest BCUT2D eigenvalue weighted by Gasteiger charge is -2.24. The van der Waals surface area contributed by atoms with E-state index >= 15 is 0 Å². The Hall–Kier alpha value is -2.09. The second-order valence-corrected chi connectivity index (χ2v) is 6.44. The second kappa shape index (κ2) is 7.03. The first-order chi connectivity index (χ1) is 11.9. The predicted octanol–water partition coefficient (Wildman–Crippen LogP) is 1.50. The van der Waals surface area contributed by atoms with Crippen LogP contribution in [0.4, 0.5) is 13.2 Å². The number of halogens is 3. The maximum absolute atomic E-state index is 13.8. The first-order valence-electron chi connectivity index (χ1n) is 8.31. The smallest absolute Gasteiger partial charge is 0.262 e. The molecule has 0 spiro atoms. The van der Waals surface area contributed by atoms with E-state index in [9.17, 15) is 22.8 Å². The highest BCUT2D eigenvalue weighted by molar-refractivity contribution is 5.94. The molecule has 0 aliphatic carbocycles. The molecule has 0 bridgehead atoms. The van der Waals surface area contributed by atoms with Gasteiger partial charge in [0, 0.05) is 32.6 Å². The van der Waals surface area contributed by atoms with Crippen molar-refractivity contribution >= 4 is 11.8 Å².